The van der Waals surface area contributed by atoms with E-state index in [9.17, 15) is 9.50 Å². The van der Waals surface area contributed by atoms with Gasteiger partial charge in [0.1, 0.15) is 17.3 Å². The highest BCUT2D eigenvalue weighted by Crippen LogP contribution is 2.36. The maximum Gasteiger partial charge on any atom is 0.155 e. The normalized spacial score (nSPS) is 20.5. The summed E-state index contributed by atoms with van der Waals surface area (Å²) in [7, 11) is 0. The van der Waals surface area contributed by atoms with Crippen LogP contribution in [0.3, 0.4) is 0 Å². The van der Waals surface area contributed by atoms with Crippen molar-refractivity contribution in [1.29, 1.82) is 0 Å². The third-order valence-corrected chi connectivity index (χ3v) is 6.47. The fourth-order valence-electron chi connectivity index (χ4n) is 5.01. The van der Waals surface area contributed by atoms with Crippen molar-refractivity contribution in [3.05, 3.63) is 60.7 Å². The lowest BCUT2D eigenvalue weighted by molar-refractivity contribution is 0.177. The SMILES string of the molecule is OCCN1C[C@@H]2C[C@H]1CN2c1ccc2nc(-c3ccc(F)cc3)c(-c3ccnnc3)n2n1. The van der Waals surface area contributed by atoms with Crippen molar-refractivity contribution < 1.29 is 9.50 Å². The Hall–Kier alpha value is -3.43. The minimum atomic E-state index is -0.288. The summed E-state index contributed by atoms with van der Waals surface area (Å²) in [5.74, 6) is 0.615. The van der Waals surface area contributed by atoms with Gasteiger partial charge in [-0.05, 0) is 48.9 Å². The Morgan fingerprint density at radius 1 is 0.969 bits per heavy atom. The summed E-state index contributed by atoms with van der Waals surface area (Å²) < 4.78 is 15.4. The first kappa shape index (κ1) is 19.3. The smallest absolute Gasteiger partial charge is 0.155 e. The number of aliphatic hydroxyl groups is 1. The molecule has 4 aromatic rings. The Morgan fingerprint density at radius 2 is 1.84 bits per heavy atom. The summed E-state index contributed by atoms with van der Waals surface area (Å²) in [6.45, 7) is 2.76. The van der Waals surface area contributed by atoms with Gasteiger partial charge in [-0.2, -0.15) is 10.2 Å². The fraction of sp³-hybridized carbons (Fsp3) is 0.304. The highest BCUT2D eigenvalue weighted by molar-refractivity contribution is 5.81. The number of β-amino-alcohol motifs (C(OH)–C–C–N with tert-alkyl or cyclic N) is 1. The van der Waals surface area contributed by atoms with Crippen LogP contribution in [-0.2, 0) is 0 Å². The van der Waals surface area contributed by atoms with E-state index in [-0.39, 0.29) is 12.4 Å². The molecule has 2 fully saturated rings. The molecule has 2 saturated heterocycles. The number of aromatic nitrogens is 5. The third-order valence-electron chi connectivity index (χ3n) is 6.47. The largest absolute Gasteiger partial charge is 0.395 e. The number of halogens is 1. The van der Waals surface area contributed by atoms with Gasteiger partial charge in [-0.3, -0.25) is 4.90 Å². The van der Waals surface area contributed by atoms with Gasteiger partial charge in [0.15, 0.2) is 5.65 Å². The predicted molar refractivity (Wildman–Crippen MR) is 118 cm³/mol. The maximum atomic E-state index is 13.5. The highest BCUT2D eigenvalue weighted by Gasteiger charge is 2.43. The van der Waals surface area contributed by atoms with E-state index in [1.54, 1.807) is 24.5 Å². The van der Waals surface area contributed by atoms with Crippen molar-refractivity contribution in [2.45, 2.75) is 18.5 Å². The minimum absolute atomic E-state index is 0.192. The molecule has 5 heterocycles. The van der Waals surface area contributed by atoms with Crippen molar-refractivity contribution >= 4 is 11.5 Å². The molecular formula is C23H22FN7O. The molecule has 2 bridgehead atoms. The van der Waals surface area contributed by atoms with E-state index in [1.165, 1.54) is 12.1 Å². The molecule has 2 atom stereocenters. The van der Waals surface area contributed by atoms with Crippen LogP contribution in [0.1, 0.15) is 6.42 Å². The Kier molecular flexibility index (Phi) is 4.58. The van der Waals surface area contributed by atoms with Crippen molar-refractivity contribution in [2.75, 3.05) is 31.1 Å². The zero-order valence-electron chi connectivity index (χ0n) is 17.3. The summed E-state index contributed by atoms with van der Waals surface area (Å²) in [6, 6.07) is 13.0. The number of imidazole rings is 1. The standard InChI is InChI=1S/C23H22FN7O/c24-17-3-1-15(2-4-17)22-23(16-7-8-25-26-12-16)31-20(27-22)5-6-21(28-31)30-14-18-11-19(30)13-29(18)9-10-32/h1-8,12,18-19,32H,9-11,13-14H2/t18-,19-/m0/s1. The van der Waals surface area contributed by atoms with E-state index in [4.69, 9.17) is 10.1 Å². The second-order valence-electron chi connectivity index (χ2n) is 8.32. The molecular weight excluding hydrogens is 409 g/mol. The number of nitrogens with zero attached hydrogens (tertiary/aromatic N) is 7. The van der Waals surface area contributed by atoms with Gasteiger partial charge in [-0.25, -0.2) is 13.9 Å². The molecule has 6 rings (SSSR count). The van der Waals surface area contributed by atoms with Crippen molar-refractivity contribution in [3.8, 4) is 22.5 Å². The summed E-state index contributed by atoms with van der Waals surface area (Å²) >= 11 is 0. The number of hydrogen-bond acceptors (Lipinski definition) is 7. The number of piperazine rings is 1. The molecule has 8 nitrogen and oxygen atoms in total. The van der Waals surface area contributed by atoms with E-state index < -0.39 is 0 Å². The average Bonchev–Trinajstić information content (AvgIpc) is 3.52. The number of likely N-dealkylation sites (tertiary alicyclic amines) is 1. The number of anilines is 1. The summed E-state index contributed by atoms with van der Waals surface area (Å²) in [5, 5.41) is 22.2. The quantitative estimate of drug-likeness (QED) is 0.519. The Bertz CT molecular complexity index is 1260. The Morgan fingerprint density at radius 3 is 2.56 bits per heavy atom. The second kappa shape index (κ2) is 7.61. The van der Waals surface area contributed by atoms with E-state index in [0.717, 1.165) is 54.4 Å². The number of fused-ring (bicyclic) bond motifs is 3. The van der Waals surface area contributed by atoms with Crippen LogP contribution < -0.4 is 4.90 Å². The molecule has 0 aliphatic carbocycles. The van der Waals surface area contributed by atoms with Gasteiger partial charge < -0.3 is 10.0 Å². The van der Waals surface area contributed by atoms with E-state index in [1.807, 2.05) is 22.7 Å². The fourth-order valence-corrected chi connectivity index (χ4v) is 5.01. The molecule has 2 aliphatic rings. The van der Waals surface area contributed by atoms with Crippen molar-refractivity contribution in [3.63, 3.8) is 0 Å². The van der Waals surface area contributed by atoms with E-state index in [0.29, 0.717) is 17.7 Å². The molecule has 0 radical (unpaired) electrons. The lowest BCUT2D eigenvalue weighted by Crippen LogP contribution is -2.47. The van der Waals surface area contributed by atoms with Gasteiger partial charge in [0.05, 0.1) is 24.7 Å². The van der Waals surface area contributed by atoms with Gasteiger partial charge >= 0.3 is 0 Å². The molecule has 0 saturated carbocycles. The van der Waals surface area contributed by atoms with Crippen LogP contribution in [0.2, 0.25) is 0 Å². The van der Waals surface area contributed by atoms with Crippen LogP contribution >= 0.6 is 0 Å². The van der Waals surface area contributed by atoms with Crippen LogP contribution in [0.15, 0.2) is 54.9 Å². The molecule has 0 amide bonds. The van der Waals surface area contributed by atoms with E-state index >= 15 is 0 Å². The minimum Gasteiger partial charge on any atom is -0.395 e. The van der Waals surface area contributed by atoms with Gasteiger partial charge in [0, 0.05) is 42.8 Å². The topological polar surface area (TPSA) is 82.7 Å². The third kappa shape index (κ3) is 3.12. The van der Waals surface area contributed by atoms with Gasteiger partial charge in [-0.1, -0.05) is 0 Å². The Labute approximate surface area is 184 Å². The first-order valence-electron chi connectivity index (χ1n) is 10.8. The number of benzene rings is 1. The molecule has 1 aromatic carbocycles. The predicted octanol–water partition coefficient (Wildman–Crippen LogP) is 2.25. The molecule has 3 aromatic heterocycles. The van der Waals surface area contributed by atoms with Gasteiger partial charge in [0.25, 0.3) is 0 Å². The zero-order chi connectivity index (χ0) is 21.7. The monoisotopic (exact) mass is 431 g/mol. The van der Waals surface area contributed by atoms with Crippen LogP contribution in [-0.4, -0.2) is 73.1 Å². The van der Waals surface area contributed by atoms with Crippen molar-refractivity contribution in [2.24, 2.45) is 0 Å². The number of aliphatic hydroxyl groups excluding tert-OH is 1. The molecule has 162 valence electrons. The molecule has 9 heteroatoms. The molecule has 1 N–H and O–H groups in total. The molecule has 0 unspecified atom stereocenters. The van der Waals surface area contributed by atoms with Crippen LogP contribution in [0.25, 0.3) is 28.2 Å². The zero-order valence-corrected chi connectivity index (χ0v) is 17.3. The van der Waals surface area contributed by atoms with Crippen LogP contribution in [0, 0.1) is 5.82 Å². The highest BCUT2D eigenvalue weighted by atomic mass is 19.1. The van der Waals surface area contributed by atoms with Gasteiger partial charge in [0.2, 0.25) is 0 Å². The summed E-state index contributed by atoms with van der Waals surface area (Å²) in [4.78, 5) is 9.53. The molecule has 2 aliphatic heterocycles. The molecule has 0 spiro atoms. The van der Waals surface area contributed by atoms with Crippen LogP contribution in [0.5, 0.6) is 0 Å². The summed E-state index contributed by atoms with van der Waals surface area (Å²) in [6.07, 6.45) is 4.42. The van der Waals surface area contributed by atoms with E-state index in [2.05, 4.69) is 20.0 Å². The lowest BCUT2D eigenvalue weighted by Gasteiger charge is -2.34. The second-order valence-corrected chi connectivity index (χ2v) is 8.32. The average molecular weight is 431 g/mol. The number of hydrogen-bond donors (Lipinski definition) is 1. The lowest BCUT2D eigenvalue weighted by atomic mass is 10.1. The number of rotatable bonds is 5. The molecule has 32 heavy (non-hydrogen) atoms. The summed E-state index contributed by atoms with van der Waals surface area (Å²) in [5.41, 5.74) is 3.89. The van der Waals surface area contributed by atoms with Crippen molar-refractivity contribution in [1.82, 2.24) is 29.7 Å². The first-order valence-corrected chi connectivity index (χ1v) is 10.8. The maximum absolute atomic E-state index is 13.5. The van der Waals surface area contributed by atoms with Gasteiger partial charge in [-0.15, -0.1) is 5.10 Å². The Balaban J connectivity index is 1.45. The van der Waals surface area contributed by atoms with Crippen LogP contribution in [0.4, 0.5) is 10.2 Å². The first-order chi connectivity index (χ1) is 15.7.